The molecule has 2 aromatic carbocycles. The van der Waals surface area contributed by atoms with Crippen LogP contribution in [0.15, 0.2) is 59.1 Å². The molecule has 1 N–H and O–H groups in total. The third-order valence-electron chi connectivity index (χ3n) is 5.15. The lowest BCUT2D eigenvalue weighted by atomic mass is 9.97. The molecule has 150 valence electrons. The number of nitrogens with one attached hydrogen (secondary N) is 1. The Labute approximate surface area is 174 Å². The van der Waals surface area contributed by atoms with E-state index in [1.807, 2.05) is 54.6 Å². The number of aromatic nitrogens is 2. The minimum absolute atomic E-state index is 0.0530. The van der Waals surface area contributed by atoms with Gasteiger partial charge in [-0.15, -0.1) is 0 Å². The van der Waals surface area contributed by atoms with E-state index in [1.165, 1.54) is 0 Å². The molecule has 1 unspecified atom stereocenters. The van der Waals surface area contributed by atoms with Crippen molar-refractivity contribution in [3.8, 4) is 11.4 Å². The van der Waals surface area contributed by atoms with Gasteiger partial charge in [0, 0.05) is 23.7 Å². The van der Waals surface area contributed by atoms with E-state index in [4.69, 9.17) is 16.1 Å². The number of hydrogen-bond donors (Lipinski definition) is 1. The summed E-state index contributed by atoms with van der Waals surface area (Å²) < 4.78 is 5.42. The average molecular weight is 411 g/mol. The maximum atomic E-state index is 12.6. The van der Waals surface area contributed by atoms with Crippen LogP contribution in [-0.4, -0.2) is 34.0 Å². The molecule has 3 aromatic rings. The predicted molar refractivity (Wildman–Crippen MR) is 111 cm³/mol. The molecule has 1 amide bonds. The van der Waals surface area contributed by atoms with Crippen LogP contribution >= 0.6 is 11.6 Å². The smallest absolute Gasteiger partial charge is 0.241 e. The summed E-state index contributed by atoms with van der Waals surface area (Å²) in [4.78, 5) is 19.3. The van der Waals surface area contributed by atoms with Crippen molar-refractivity contribution in [3.63, 3.8) is 0 Å². The van der Waals surface area contributed by atoms with Crippen LogP contribution in [0.4, 0.5) is 0 Å². The number of rotatable bonds is 6. The fraction of sp³-hybridized carbons (Fsp3) is 0.318. The lowest BCUT2D eigenvalue weighted by Crippen LogP contribution is -2.42. The number of hydrogen-bond acceptors (Lipinski definition) is 5. The van der Waals surface area contributed by atoms with Crippen molar-refractivity contribution in [1.29, 1.82) is 0 Å². The third-order valence-corrected chi connectivity index (χ3v) is 5.51. The summed E-state index contributed by atoms with van der Waals surface area (Å²) in [5.74, 6) is 1.17. The molecule has 1 saturated heterocycles. The molecule has 1 aromatic heterocycles. The van der Waals surface area contributed by atoms with E-state index in [0.717, 1.165) is 30.5 Å². The van der Waals surface area contributed by atoms with Gasteiger partial charge in [-0.3, -0.25) is 9.69 Å². The van der Waals surface area contributed by atoms with E-state index >= 15 is 0 Å². The summed E-state index contributed by atoms with van der Waals surface area (Å²) in [5.41, 5.74) is 1.85. The minimum atomic E-state index is -0.0530. The SMILES string of the molecule is O=C(NCc1ccccc1Cl)C1CCCN(Cc2nc(-c3ccccc3)no2)C1. The predicted octanol–water partition coefficient (Wildman–Crippen LogP) is 3.92. The highest BCUT2D eigenvalue weighted by molar-refractivity contribution is 6.31. The van der Waals surface area contributed by atoms with Crippen molar-refractivity contribution in [2.24, 2.45) is 5.92 Å². The van der Waals surface area contributed by atoms with E-state index in [9.17, 15) is 4.79 Å². The second kappa shape index (κ2) is 9.20. The molecule has 29 heavy (non-hydrogen) atoms. The lowest BCUT2D eigenvalue weighted by molar-refractivity contribution is -0.127. The molecule has 1 fully saturated rings. The molecule has 1 aliphatic heterocycles. The van der Waals surface area contributed by atoms with E-state index in [1.54, 1.807) is 0 Å². The molecule has 2 heterocycles. The number of carbonyl (C=O) groups is 1. The van der Waals surface area contributed by atoms with Gasteiger partial charge >= 0.3 is 0 Å². The molecular weight excluding hydrogens is 388 g/mol. The summed E-state index contributed by atoms with van der Waals surface area (Å²) in [6, 6.07) is 17.3. The van der Waals surface area contributed by atoms with Crippen LogP contribution in [0.5, 0.6) is 0 Å². The first kappa shape index (κ1) is 19.6. The molecule has 0 spiro atoms. The lowest BCUT2D eigenvalue weighted by Gasteiger charge is -2.30. The van der Waals surface area contributed by atoms with Gasteiger partial charge in [0.05, 0.1) is 12.5 Å². The Balaban J connectivity index is 1.32. The maximum Gasteiger partial charge on any atom is 0.241 e. The van der Waals surface area contributed by atoms with Crippen LogP contribution in [-0.2, 0) is 17.9 Å². The Bertz CT molecular complexity index is 960. The Morgan fingerprint density at radius 1 is 1.17 bits per heavy atom. The van der Waals surface area contributed by atoms with Crippen molar-refractivity contribution >= 4 is 17.5 Å². The molecule has 1 atom stereocenters. The van der Waals surface area contributed by atoms with Gasteiger partial charge < -0.3 is 9.84 Å². The monoisotopic (exact) mass is 410 g/mol. The van der Waals surface area contributed by atoms with Crippen LogP contribution < -0.4 is 5.32 Å². The Kier molecular flexibility index (Phi) is 6.22. The standard InChI is InChI=1S/C22H23ClN4O2/c23-19-11-5-4-9-17(19)13-24-22(28)18-10-6-12-27(14-18)15-20-25-21(26-29-20)16-7-2-1-3-8-16/h1-5,7-9,11,18H,6,10,12-15H2,(H,24,28). The van der Waals surface area contributed by atoms with Crippen LogP contribution in [0.3, 0.4) is 0 Å². The van der Waals surface area contributed by atoms with Gasteiger partial charge in [0.15, 0.2) is 0 Å². The zero-order valence-electron chi connectivity index (χ0n) is 16.1. The molecule has 4 rings (SSSR count). The first-order valence-corrected chi connectivity index (χ1v) is 10.2. The number of amides is 1. The number of carbonyl (C=O) groups excluding carboxylic acids is 1. The first-order valence-electron chi connectivity index (χ1n) is 9.80. The van der Waals surface area contributed by atoms with Gasteiger partial charge in [-0.05, 0) is 31.0 Å². The summed E-state index contributed by atoms with van der Waals surface area (Å²) >= 11 is 6.17. The van der Waals surface area contributed by atoms with Gasteiger partial charge in [0.25, 0.3) is 0 Å². The zero-order valence-corrected chi connectivity index (χ0v) is 16.8. The molecular formula is C22H23ClN4O2. The molecule has 0 saturated carbocycles. The number of nitrogens with zero attached hydrogens (tertiary/aromatic N) is 3. The average Bonchev–Trinajstić information content (AvgIpc) is 3.22. The number of halogens is 1. The molecule has 1 aliphatic rings. The topological polar surface area (TPSA) is 71.3 Å². The van der Waals surface area contributed by atoms with Gasteiger partial charge in [0.1, 0.15) is 0 Å². The summed E-state index contributed by atoms with van der Waals surface area (Å²) in [5, 5.41) is 7.76. The highest BCUT2D eigenvalue weighted by atomic mass is 35.5. The zero-order chi connectivity index (χ0) is 20.1. The fourth-order valence-electron chi connectivity index (χ4n) is 3.60. The molecule has 6 nitrogen and oxygen atoms in total. The minimum Gasteiger partial charge on any atom is -0.352 e. The number of likely N-dealkylation sites (tertiary alicyclic amines) is 1. The van der Waals surface area contributed by atoms with Crippen molar-refractivity contribution < 1.29 is 9.32 Å². The number of piperidine rings is 1. The van der Waals surface area contributed by atoms with Crippen molar-refractivity contribution in [3.05, 3.63) is 71.1 Å². The van der Waals surface area contributed by atoms with Crippen LogP contribution in [0.1, 0.15) is 24.3 Å². The summed E-state index contributed by atoms with van der Waals surface area (Å²) in [6.07, 6.45) is 1.84. The fourth-order valence-corrected chi connectivity index (χ4v) is 3.80. The second-order valence-corrected chi connectivity index (χ2v) is 7.67. The van der Waals surface area contributed by atoms with Crippen molar-refractivity contribution in [2.75, 3.05) is 13.1 Å². The third kappa shape index (κ3) is 5.02. The highest BCUT2D eigenvalue weighted by Crippen LogP contribution is 2.21. The normalized spacial score (nSPS) is 17.2. The Morgan fingerprint density at radius 2 is 1.97 bits per heavy atom. The molecule has 7 heteroatoms. The largest absolute Gasteiger partial charge is 0.352 e. The maximum absolute atomic E-state index is 12.6. The van der Waals surface area contributed by atoms with E-state index in [2.05, 4.69) is 20.4 Å². The van der Waals surface area contributed by atoms with Crippen molar-refractivity contribution in [1.82, 2.24) is 20.4 Å². The Hall–Kier alpha value is -2.70. The van der Waals surface area contributed by atoms with Crippen LogP contribution in [0.2, 0.25) is 5.02 Å². The molecule has 0 bridgehead atoms. The van der Waals surface area contributed by atoms with E-state index < -0.39 is 0 Å². The van der Waals surface area contributed by atoms with Crippen molar-refractivity contribution in [2.45, 2.75) is 25.9 Å². The number of benzene rings is 2. The first-order chi connectivity index (χ1) is 14.2. The van der Waals surface area contributed by atoms with Gasteiger partial charge in [-0.1, -0.05) is 65.3 Å². The molecule has 0 aliphatic carbocycles. The Morgan fingerprint density at radius 3 is 2.79 bits per heavy atom. The van der Waals surface area contributed by atoms with Crippen LogP contribution in [0, 0.1) is 5.92 Å². The second-order valence-electron chi connectivity index (χ2n) is 7.26. The quantitative estimate of drug-likeness (QED) is 0.666. The van der Waals surface area contributed by atoms with Gasteiger partial charge in [-0.2, -0.15) is 4.98 Å². The molecule has 0 radical (unpaired) electrons. The van der Waals surface area contributed by atoms with E-state index in [-0.39, 0.29) is 11.8 Å². The summed E-state index contributed by atoms with van der Waals surface area (Å²) in [7, 11) is 0. The summed E-state index contributed by atoms with van der Waals surface area (Å²) in [6.45, 7) is 2.59. The highest BCUT2D eigenvalue weighted by Gasteiger charge is 2.27. The van der Waals surface area contributed by atoms with Crippen LogP contribution in [0.25, 0.3) is 11.4 Å². The van der Waals surface area contributed by atoms with E-state index in [0.29, 0.717) is 36.4 Å². The van der Waals surface area contributed by atoms with Gasteiger partial charge in [-0.25, -0.2) is 0 Å². The van der Waals surface area contributed by atoms with Gasteiger partial charge in [0.2, 0.25) is 17.6 Å².